The minimum atomic E-state index is -0.838. The number of carboxylic acids is 1. The van der Waals surface area contributed by atoms with Gasteiger partial charge in [0, 0.05) is 6.54 Å². The molecule has 0 aromatic heterocycles. The summed E-state index contributed by atoms with van der Waals surface area (Å²) in [4.78, 5) is 10.6. The highest BCUT2D eigenvalue weighted by Crippen LogP contribution is 2.39. The average molecular weight is 384 g/mol. The molecule has 0 radical (unpaired) electrons. The number of benzene rings is 2. The molecule has 0 heterocycles. The molecule has 1 aliphatic carbocycles. The third kappa shape index (κ3) is 5.26. The van der Waals surface area contributed by atoms with Crippen molar-refractivity contribution in [3.05, 3.63) is 41.5 Å². The van der Waals surface area contributed by atoms with Gasteiger partial charge in [0.05, 0.1) is 12.6 Å². The van der Waals surface area contributed by atoms with Crippen LogP contribution in [0.4, 0.5) is 0 Å². The molecule has 4 nitrogen and oxygen atoms in total. The summed E-state index contributed by atoms with van der Waals surface area (Å²) in [6.07, 6.45) is 5.07. The normalized spacial score (nSPS) is 20.3. The maximum Gasteiger partial charge on any atom is 0.317 e. The zero-order chi connectivity index (χ0) is 20.3. The van der Waals surface area contributed by atoms with Gasteiger partial charge in [0.15, 0.2) is 0 Å². The van der Waals surface area contributed by atoms with Crippen LogP contribution in [0, 0.1) is 18.3 Å². The molecule has 2 aromatic carbocycles. The summed E-state index contributed by atoms with van der Waals surface area (Å²) in [5.41, 5.74) is 2.67. The molecule has 0 atom stereocenters. The summed E-state index contributed by atoms with van der Waals surface area (Å²) in [6.45, 7) is 9.67. The first-order valence-corrected chi connectivity index (χ1v) is 10.3. The van der Waals surface area contributed by atoms with Crippen molar-refractivity contribution in [2.75, 3.05) is 6.54 Å². The Kier molecular flexibility index (Phi) is 6.29. The SMILES string of the molecule is Cc1cc(OC2CCC(C(C)(C)C)CC2)cc2ccc(CNCC(=O)O)cc12. The first kappa shape index (κ1) is 20.7. The molecule has 0 spiro atoms. The minimum absolute atomic E-state index is 0.0265. The molecule has 152 valence electrons. The van der Waals surface area contributed by atoms with Crippen molar-refractivity contribution in [1.29, 1.82) is 0 Å². The van der Waals surface area contributed by atoms with Crippen LogP contribution < -0.4 is 10.1 Å². The minimum Gasteiger partial charge on any atom is -0.490 e. The van der Waals surface area contributed by atoms with Crippen molar-refractivity contribution in [3.8, 4) is 5.75 Å². The Morgan fingerprint density at radius 1 is 1.14 bits per heavy atom. The summed E-state index contributed by atoms with van der Waals surface area (Å²) in [5.74, 6) is 0.912. The van der Waals surface area contributed by atoms with Crippen LogP contribution in [0.1, 0.15) is 57.6 Å². The standard InChI is InChI=1S/C24H33NO3/c1-16-11-21(28-20-9-7-19(8-10-20)24(2,3)4)13-18-6-5-17(12-22(16)18)14-25-15-23(26)27/h5-6,11-13,19-20,25H,7-10,14-15H2,1-4H3,(H,26,27). The number of aliphatic carboxylic acids is 1. The fourth-order valence-electron chi connectivity index (χ4n) is 4.29. The van der Waals surface area contributed by atoms with E-state index >= 15 is 0 Å². The number of hydrogen-bond donors (Lipinski definition) is 2. The lowest BCUT2D eigenvalue weighted by Gasteiger charge is -2.37. The number of fused-ring (bicyclic) bond motifs is 1. The predicted octanol–water partition coefficient (Wildman–Crippen LogP) is 5.31. The van der Waals surface area contributed by atoms with Crippen LogP contribution in [0.25, 0.3) is 10.8 Å². The van der Waals surface area contributed by atoms with Gasteiger partial charge in [-0.15, -0.1) is 0 Å². The molecule has 2 aromatic rings. The topological polar surface area (TPSA) is 58.6 Å². The quantitative estimate of drug-likeness (QED) is 0.710. The molecule has 3 rings (SSSR count). The van der Waals surface area contributed by atoms with Gasteiger partial charge in [-0.1, -0.05) is 32.9 Å². The van der Waals surface area contributed by atoms with Crippen LogP contribution >= 0.6 is 0 Å². The first-order chi connectivity index (χ1) is 13.2. The Balaban J connectivity index is 1.66. The van der Waals surface area contributed by atoms with Crippen molar-refractivity contribution in [3.63, 3.8) is 0 Å². The van der Waals surface area contributed by atoms with Gasteiger partial charge in [-0.25, -0.2) is 0 Å². The second kappa shape index (κ2) is 8.52. The fourth-order valence-corrected chi connectivity index (χ4v) is 4.29. The Morgan fingerprint density at radius 3 is 2.50 bits per heavy atom. The molecule has 2 N–H and O–H groups in total. The van der Waals surface area contributed by atoms with Gasteiger partial charge in [-0.3, -0.25) is 4.79 Å². The van der Waals surface area contributed by atoms with Crippen LogP contribution in [0.15, 0.2) is 30.3 Å². The second-order valence-electron chi connectivity index (χ2n) is 9.25. The molecular weight excluding hydrogens is 350 g/mol. The number of ether oxygens (including phenoxy) is 1. The largest absolute Gasteiger partial charge is 0.490 e. The Hall–Kier alpha value is -2.07. The molecule has 0 aliphatic heterocycles. The van der Waals surface area contributed by atoms with Crippen LogP contribution in [-0.4, -0.2) is 23.7 Å². The zero-order valence-corrected chi connectivity index (χ0v) is 17.5. The molecule has 1 saturated carbocycles. The molecule has 0 amide bonds. The van der Waals surface area contributed by atoms with Gasteiger partial charge >= 0.3 is 5.97 Å². The fraction of sp³-hybridized carbons (Fsp3) is 0.542. The molecule has 28 heavy (non-hydrogen) atoms. The van der Waals surface area contributed by atoms with E-state index in [2.05, 4.69) is 63.3 Å². The maximum atomic E-state index is 10.6. The second-order valence-corrected chi connectivity index (χ2v) is 9.25. The summed E-state index contributed by atoms with van der Waals surface area (Å²) >= 11 is 0. The number of hydrogen-bond acceptors (Lipinski definition) is 3. The third-order valence-electron chi connectivity index (χ3n) is 6.01. The molecule has 0 unspecified atom stereocenters. The van der Waals surface area contributed by atoms with E-state index in [4.69, 9.17) is 9.84 Å². The summed E-state index contributed by atoms with van der Waals surface area (Å²) < 4.78 is 6.35. The number of rotatable bonds is 6. The van der Waals surface area contributed by atoms with E-state index in [1.165, 1.54) is 29.2 Å². The molecular formula is C24H33NO3. The van der Waals surface area contributed by atoms with E-state index in [0.29, 0.717) is 18.1 Å². The molecule has 4 heteroatoms. The summed E-state index contributed by atoms with van der Waals surface area (Å²) in [5, 5.41) is 14.1. The monoisotopic (exact) mass is 383 g/mol. The van der Waals surface area contributed by atoms with E-state index in [-0.39, 0.29) is 6.54 Å². The number of carbonyl (C=O) groups is 1. The highest BCUT2D eigenvalue weighted by atomic mass is 16.5. The lowest BCUT2D eigenvalue weighted by Crippen LogP contribution is -2.30. The molecule has 1 aliphatic rings. The summed E-state index contributed by atoms with van der Waals surface area (Å²) in [7, 11) is 0. The van der Waals surface area contributed by atoms with Gasteiger partial charge < -0.3 is 15.2 Å². The van der Waals surface area contributed by atoms with E-state index in [9.17, 15) is 4.79 Å². The van der Waals surface area contributed by atoms with Gasteiger partial charge in [0.2, 0.25) is 0 Å². The van der Waals surface area contributed by atoms with Crippen molar-refractivity contribution < 1.29 is 14.6 Å². The summed E-state index contributed by atoms with van der Waals surface area (Å²) in [6, 6.07) is 10.6. The zero-order valence-electron chi connectivity index (χ0n) is 17.5. The average Bonchev–Trinajstić information content (AvgIpc) is 2.61. The van der Waals surface area contributed by atoms with E-state index < -0.39 is 5.97 Å². The molecule has 1 fully saturated rings. The molecule has 0 saturated heterocycles. The third-order valence-corrected chi connectivity index (χ3v) is 6.01. The predicted molar refractivity (Wildman–Crippen MR) is 114 cm³/mol. The van der Waals surface area contributed by atoms with E-state index in [0.717, 1.165) is 30.1 Å². The number of aryl methyl sites for hydroxylation is 1. The van der Waals surface area contributed by atoms with Gasteiger partial charge in [0.25, 0.3) is 0 Å². The van der Waals surface area contributed by atoms with Crippen LogP contribution in [0.3, 0.4) is 0 Å². The van der Waals surface area contributed by atoms with Crippen LogP contribution in [0.5, 0.6) is 5.75 Å². The van der Waals surface area contributed by atoms with E-state index in [1.807, 2.05) is 0 Å². The molecule has 0 bridgehead atoms. The highest BCUT2D eigenvalue weighted by Gasteiger charge is 2.30. The lowest BCUT2D eigenvalue weighted by molar-refractivity contribution is -0.135. The Labute approximate surface area is 168 Å². The van der Waals surface area contributed by atoms with Crippen molar-refractivity contribution in [2.24, 2.45) is 11.3 Å². The Bertz CT molecular complexity index is 830. The van der Waals surface area contributed by atoms with Gasteiger partial charge in [-0.2, -0.15) is 0 Å². The van der Waals surface area contributed by atoms with Crippen molar-refractivity contribution in [1.82, 2.24) is 5.32 Å². The number of carboxylic acid groups (broad SMARTS) is 1. The van der Waals surface area contributed by atoms with Crippen molar-refractivity contribution >= 4 is 16.7 Å². The highest BCUT2D eigenvalue weighted by molar-refractivity contribution is 5.87. The maximum absolute atomic E-state index is 10.6. The van der Waals surface area contributed by atoms with Crippen LogP contribution in [0.2, 0.25) is 0 Å². The van der Waals surface area contributed by atoms with Crippen LogP contribution in [-0.2, 0) is 11.3 Å². The first-order valence-electron chi connectivity index (χ1n) is 10.3. The smallest absolute Gasteiger partial charge is 0.317 e. The van der Waals surface area contributed by atoms with Crippen molar-refractivity contribution in [2.45, 2.75) is 66.0 Å². The van der Waals surface area contributed by atoms with Gasteiger partial charge in [-0.05, 0) is 84.0 Å². The lowest BCUT2D eigenvalue weighted by atomic mass is 9.72. The van der Waals surface area contributed by atoms with E-state index in [1.54, 1.807) is 0 Å². The Morgan fingerprint density at radius 2 is 1.86 bits per heavy atom. The number of nitrogens with one attached hydrogen (secondary N) is 1. The van der Waals surface area contributed by atoms with Gasteiger partial charge in [0.1, 0.15) is 5.75 Å².